The van der Waals surface area contributed by atoms with Crippen LogP contribution in [0.4, 0.5) is 5.69 Å². The van der Waals surface area contributed by atoms with Crippen molar-refractivity contribution >= 4 is 55.3 Å². The van der Waals surface area contributed by atoms with Crippen molar-refractivity contribution in [3.8, 4) is 0 Å². The van der Waals surface area contributed by atoms with Crippen LogP contribution >= 0.6 is 43.6 Å². The number of carboxylic acids is 1. The topological polar surface area (TPSA) is 80.4 Å². The Balaban J connectivity index is 2.32. The van der Waals surface area contributed by atoms with Gasteiger partial charge < -0.3 is 5.11 Å². The summed E-state index contributed by atoms with van der Waals surface area (Å²) in [5, 5.41) is 19.8. The van der Waals surface area contributed by atoms with Crippen LogP contribution in [0.25, 0.3) is 0 Å². The number of hydrogen-bond acceptors (Lipinski definition) is 4. The van der Waals surface area contributed by atoms with Crippen molar-refractivity contribution in [3.05, 3.63) is 61.0 Å². The lowest BCUT2D eigenvalue weighted by Crippen LogP contribution is -1.97. The molecule has 21 heavy (non-hydrogen) atoms. The van der Waals surface area contributed by atoms with Gasteiger partial charge in [0.05, 0.1) is 10.5 Å². The van der Waals surface area contributed by atoms with E-state index in [-0.39, 0.29) is 11.3 Å². The summed E-state index contributed by atoms with van der Waals surface area (Å²) in [4.78, 5) is 22.8. The monoisotopic (exact) mass is 431 g/mol. The second-order valence-electron chi connectivity index (χ2n) is 3.92. The number of nitrogens with zero attached hydrogens (tertiary/aromatic N) is 1. The lowest BCUT2D eigenvalue weighted by molar-refractivity contribution is -0.385. The van der Waals surface area contributed by atoms with Crippen molar-refractivity contribution in [2.45, 2.75) is 9.79 Å². The van der Waals surface area contributed by atoms with E-state index in [4.69, 9.17) is 5.11 Å². The zero-order valence-corrected chi connectivity index (χ0v) is 14.2. The van der Waals surface area contributed by atoms with Gasteiger partial charge in [-0.25, -0.2) is 4.79 Å². The third-order valence-corrected chi connectivity index (χ3v) is 5.20. The molecule has 0 spiro atoms. The molecule has 0 aliphatic heterocycles. The van der Waals surface area contributed by atoms with Crippen molar-refractivity contribution in [2.24, 2.45) is 0 Å². The van der Waals surface area contributed by atoms with Crippen molar-refractivity contribution in [2.75, 3.05) is 0 Å². The van der Waals surface area contributed by atoms with Gasteiger partial charge in [-0.2, -0.15) is 0 Å². The van der Waals surface area contributed by atoms with Gasteiger partial charge in [-0.15, -0.1) is 0 Å². The van der Waals surface area contributed by atoms with Crippen LogP contribution in [0.2, 0.25) is 0 Å². The van der Waals surface area contributed by atoms with Crippen LogP contribution in [0.3, 0.4) is 0 Å². The lowest BCUT2D eigenvalue weighted by Gasteiger charge is -2.06. The maximum Gasteiger partial charge on any atom is 0.336 e. The standard InChI is InChI=1S/C13H7Br2NO4S/c14-10-3-2-8(6-9(10)13(17)18)21-12-4-1-7(16(19)20)5-11(12)15/h1-6H,(H,17,18). The first-order valence-electron chi connectivity index (χ1n) is 5.53. The van der Waals surface area contributed by atoms with Crippen molar-refractivity contribution in [1.29, 1.82) is 0 Å². The lowest BCUT2D eigenvalue weighted by atomic mass is 10.2. The third kappa shape index (κ3) is 3.84. The molecule has 0 atom stereocenters. The SMILES string of the molecule is O=C(O)c1cc(Sc2ccc([N+](=O)[O-])cc2Br)ccc1Br. The van der Waals surface area contributed by atoms with Crippen LogP contribution in [0, 0.1) is 10.1 Å². The number of aromatic carboxylic acids is 1. The molecule has 2 aromatic carbocycles. The predicted octanol–water partition coefficient (Wildman–Crippen LogP) is 4.97. The highest BCUT2D eigenvalue weighted by Gasteiger charge is 2.13. The van der Waals surface area contributed by atoms with E-state index in [0.717, 1.165) is 9.79 Å². The maximum atomic E-state index is 11.1. The van der Waals surface area contributed by atoms with E-state index in [1.54, 1.807) is 24.3 Å². The average molecular weight is 433 g/mol. The van der Waals surface area contributed by atoms with Crippen LogP contribution in [-0.4, -0.2) is 16.0 Å². The molecule has 2 aromatic rings. The Morgan fingerprint density at radius 2 is 1.86 bits per heavy atom. The first-order valence-corrected chi connectivity index (χ1v) is 7.93. The number of halogens is 2. The molecule has 0 radical (unpaired) electrons. The van der Waals surface area contributed by atoms with Crippen LogP contribution in [0.1, 0.15) is 10.4 Å². The molecule has 0 bridgehead atoms. The Labute approximate surface area is 140 Å². The minimum Gasteiger partial charge on any atom is -0.478 e. The van der Waals surface area contributed by atoms with E-state index < -0.39 is 10.9 Å². The summed E-state index contributed by atoms with van der Waals surface area (Å²) in [5.74, 6) is -1.02. The molecule has 0 heterocycles. The number of benzene rings is 2. The molecule has 108 valence electrons. The predicted molar refractivity (Wildman–Crippen MR) is 86.0 cm³/mol. The summed E-state index contributed by atoms with van der Waals surface area (Å²) in [7, 11) is 0. The first kappa shape index (κ1) is 16.0. The van der Waals surface area contributed by atoms with Gasteiger partial charge in [0.1, 0.15) is 0 Å². The van der Waals surface area contributed by atoms with E-state index in [1.807, 2.05) is 0 Å². The fourth-order valence-corrected chi connectivity index (χ4v) is 3.43. The number of nitro benzene ring substituents is 1. The molecule has 2 rings (SSSR count). The number of nitro groups is 1. The highest BCUT2D eigenvalue weighted by molar-refractivity contribution is 9.10. The molecule has 0 amide bonds. The van der Waals surface area contributed by atoms with Crippen LogP contribution in [0.15, 0.2) is 55.1 Å². The number of rotatable bonds is 4. The van der Waals surface area contributed by atoms with Crippen LogP contribution < -0.4 is 0 Å². The fourth-order valence-electron chi connectivity index (χ4n) is 1.54. The Morgan fingerprint density at radius 3 is 2.43 bits per heavy atom. The summed E-state index contributed by atoms with van der Waals surface area (Å²) in [6, 6.07) is 9.42. The molecule has 0 aliphatic rings. The molecule has 0 fully saturated rings. The number of carbonyl (C=O) groups is 1. The summed E-state index contributed by atoms with van der Waals surface area (Å²) >= 11 is 7.79. The molecular formula is C13H7Br2NO4S. The van der Waals surface area contributed by atoms with E-state index >= 15 is 0 Å². The molecule has 0 unspecified atom stereocenters. The van der Waals surface area contributed by atoms with E-state index in [2.05, 4.69) is 31.9 Å². The molecule has 0 saturated heterocycles. The van der Waals surface area contributed by atoms with Gasteiger partial charge in [-0.3, -0.25) is 10.1 Å². The van der Waals surface area contributed by atoms with Gasteiger partial charge in [-0.1, -0.05) is 11.8 Å². The fraction of sp³-hybridized carbons (Fsp3) is 0. The van der Waals surface area contributed by atoms with E-state index in [1.165, 1.54) is 23.9 Å². The summed E-state index contributed by atoms with van der Waals surface area (Å²) < 4.78 is 1.09. The van der Waals surface area contributed by atoms with Crippen molar-refractivity contribution in [3.63, 3.8) is 0 Å². The Bertz CT molecular complexity index is 736. The number of hydrogen-bond donors (Lipinski definition) is 1. The molecule has 8 heteroatoms. The molecular weight excluding hydrogens is 426 g/mol. The van der Waals surface area contributed by atoms with Gasteiger partial charge in [0, 0.05) is 30.9 Å². The normalized spacial score (nSPS) is 10.4. The molecule has 5 nitrogen and oxygen atoms in total. The second-order valence-corrected chi connectivity index (χ2v) is 6.74. The van der Waals surface area contributed by atoms with Crippen molar-refractivity contribution < 1.29 is 14.8 Å². The summed E-state index contributed by atoms with van der Waals surface area (Å²) in [6.07, 6.45) is 0. The van der Waals surface area contributed by atoms with Gasteiger partial charge in [-0.05, 0) is 56.1 Å². The summed E-state index contributed by atoms with van der Waals surface area (Å²) in [6.45, 7) is 0. The quantitative estimate of drug-likeness (QED) is 0.544. The maximum absolute atomic E-state index is 11.1. The van der Waals surface area contributed by atoms with Crippen LogP contribution in [0.5, 0.6) is 0 Å². The third-order valence-electron chi connectivity index (χ3n) is 2.52. The molecule has 0 aliphatic carbocycles. The van der Waals surface area contributed by atoms with Gasteiger partial charge >= 0.3 is 5.97 Å². The van der Waals surface area contributed by atoms with Crippen molar-refractivity contribution in [1.82, 2.24) is 0 Å². The summed E-state index contributed by atoms with van der Waals surface area (Å²) in [5.41, 5.74) is 0.159. The molecule has 0 saturated carbocycles. The van der Waals surface area contributed by atoms with E-state index in [9.17, 15) is 14.9 Å². The number of carboxylic acid groups (broad SMARTS) is 1. The van der Waals surface area contributed by atoms with Gasteiger partial charge in [0.15, 0.2) is 0 Å². The smallest absolute Gasteiger partial charge is 0.336 e. The van der Waals surface area contributed by atoms with Gasteiger partial charge in [0.2, 0.25) is 0 Å². The minimum absolute atomic E-state index is 0.00624. The largest absolute Gasteiger partial charge is 0.478 e. The number of non-ortho nitro benzene ring substituents is 1. The zero-order chi connectivity index (χ0) is 15.6. The van der Waals surface area contributed by atoms with Gasteiger partial charge in [0.25, 0.3) is 5.69 Å². The highest BCUT2D eigenvalue weighted by Crippen LogP contribution is 2.36. The molecule has 0 aromatic heterocycles. The Hall–Kier alpha value is -1.38. The average Bonchev–Trinajstić information content (AvgIpc) is 2.42. The zero-order valence-electron chi connectivity index (χ0n) is 10.2. The molecule has 1 N–H and O–H groups in total. The van der Waals surface area contributed by atoms with Crippen LogP contribution in [-0.2, 0) is 0 Å². The Kier molecular flexibility index (Phi) is 5.02. The first-order chi connectivity index (χ1) is 9.88. The van der Waals surface area contributed by atoms with E-state index in [0.29, 0.717) is 8.95 Å². The second kappa shape index (κ2) is 6.59. The minimum atomic E-state index is -1.02. The Morgan fingerprint density at radius 1 is 1.14 bits per heavy atom. The highest BCUT2D eigenvalue weighted by atomic mass is 79.9.